The van der Waals surface area contributed by atoms with Gasteiger partial charge in [0.15, 0.2) is 0 Å². The number of benzene rings is 1. The largest absolute Gasteiger partial charge is 0.487 e. The van der Waals surface area contributed by atoms with E-state index < -0.39 is 11.7 Å². The lowest BCUT2D eigenvalue weighted by Crippen LogP contribution is -2.07. The molecule has 2 rings (SSSR count). The summed E-state index contributed by atoms with van der Waals surface area (Å²) in [6.45, 7) is 4.76. The molecule has 1 heterocycles. The van der Waals surface area contributed by atoms with E-state index in [-0.39, 0.29) is 6.61 Å². The Bertz CT molecular complexity index is 620. The van der Waals surface area contributed by atoms with Gasteiger partial charge in [-0.05, 0) is 54.0 Å². The Kier molecular flexibility index (Phi) is 4.61. The number of hydrogen-bond donors (Lipinski definition) is 0. The van der Waals surface area contributed by atoms with Crippen molar-refractivity contribution in [2.45, 2.75) is 33.2 Å². The first kappa shape index (κ1) is 15.9. The fraction of sp³-hybridized carbons (Fsp3) is 0.357. The van der Waals surface area contributed by atoms with Crippen LogP contribution in [-0.4, -0.2) is 9.78 Å². The molecule has 0 spiro atoms. The molecule has 0 saturated heterocycles. The molecule has 0 saturated carbocycles. The van der Waals surface area contributed by atoms with Gasteiger partial charge in [0.05, 0.1) is 21.4 Å². The van der Waals surface area contributed by atoms with Crippen molar-refractivity contribution in [3.05, 3.63) is 45.7 Å². The highest BCUT2D eigenvalue weighted by Crippen LogP contribution is 2.30. The standard InChI is InChI=1S/C14H14BrF3N2O/c1-3-20-12(13(15)9(2)19-20)8-21-11-6-4-10(5-7-11)14(16,17)18/h4-7H,3,8H2,1-2H3. The molecule has 7 heteroatoms. The van der Waals surface area contributed by atoms with Crippen molar-refractivity contribution in [2.24, 2.45) is 0 Å². The summed E-state index contributed by atoms with van der Waals surface area (Å²) in [7, 11) is 0. The summed E-state index contributed by atoms with van der Waals surface area (Å²) >= 11 is 3.44. The molecule has 0 aliphatic heterocycles. The van der Waals surface area contributed by atoms with Crippen LogP contribution in [0.5, 0.6) is 5.75 Å². The van der Waals surface area contributed by atoms with Crippen LogP contribution in [0.3, 0.4) is 0 Å². The monoisotopic (exact) mass is 362 g/mol. The maximum atomic E-state index is 12.5. The van der Waals surface area contributed by atoms with Crippen molar-refractivity contribution in [1.29, 1.82) is 0 Å². The van der Waals surface area contributed by atoms with Crippen LogP contribution in [0.4, 0.5) is 13.2 Å². The lowest BCUT2D eigenvalue weighted by atomic mass is 10.2. The summed E-state index contributed by atoms with van der Waals surface area (Å²) < 4.78 is 45.6. The normalized spacial score (nSPS) is 11.7. The first-order chi connectivity index (χ1) is 9.82. The van der Waals surface area contributed by atoms with Gasteiger partial charge in [-0.2, -0.15) is 18.3 Å². The SMILES string of the molecule is CCn1nc(C)c(Br)c1COc1ccc(C(F)(F)F)cc1. The van der Waals surface area contributed by atoms with Crippen LogP contribution < -0.4 is 4.74 Å². The van der Waals surface area contributed by atoms with Crippen LogP contribution in [-0.2, 0) is 19.3 Å². The quantitative estimate of drug-likeness (QED) is 0.796. The molecular weight excluding hydrogens is 349 g/mol. The first-order valence-corrected chi connectivity index (χ1v) is 7.14. The second kappa shape index (κ2) is 6.09. The summed E-state index contributed by atoms with van der Waals surface area (Å²) in [6.07, 6.45) is -4.33. The highest BCUT2D eigenvalue weighted by atomic mass is 79.9. The second-order valence-electron chi connectivity index (χ2n) is 4.47. The molecule has 0 bridgehead atoms. The summed E-state index contributed by atoms with van der Waals surface area (Å²) in [4.78, 5) is 0. The van der Waals surface area contributed by atoms with Crippen molar-refractivity contribution in [1.82, 2.24) is 9.78 Å². The van der Waals surface area contributed by atoms with Crippen molar-refractivity contribution in [3.63, 3.8) is 0 Å². The van der Waals surface area contributed by atoms with Gasteiger partial charge in [-0.3, -0.25) is 4.68 Å². The van der Waals surface area contributed by atoms with Gasteiger partial charge in [0.1, 0.15) is 12.4 Å². The zero-order valence-corrected chi connectivity index (χ0v) is 13.1. The van der Waals surface area contributed by atoms with E-state index in [0.717, 1.165) is 28.0 Å². The Balaban J connectivity index is 2.10. The van der Waals surface area contributed by atoms with Gasteiger partial charge >= 0.3 is 6.18 Å². The number of ether oxygens (including phenoxy) is 1. The van der Waals surface area contributed by atoms with E-state index >= 15 is 0 Å². The molecule has 0 aliphatic carbocycles. The van der Waals surface area contributed by atoms with Crippen molar-refractivity contribution in [2.75, 3.05) is 0 Å². The number of halogens is 4. The summed E-state index contributed by atoms with van der Waals surface area (Å²) in [5.74, 6) is 0.386. The third-order valence-electron chi connectivity index (χ3n) is 3.01. The lowest BCUT2D eigenvalue weighted by Gasteiger charge is -2.10. The Hall–Kier alpha value is -1.50. The molecule has 1 aromatic carbocycles. The fourth-order valence-corrected chi connectivity index (χ4v) is 2.30. The van der Waals surface area contributed by atoms with Gasteiger partial charge in [-0.15, -0.1) is 0 Å². The molecule has 0 N–H and O–H groups in total. The number of rotatable bonds is 4. The van der Waals surface area contributed by atoms with E-state index in [0.29, 0.717) is 12.3 Å². The van der Waals surface area contributed by atoms with Crippen molar-refractivity contribution < 1.29 is 17.9 Å². The number of aryl methyl sites for hydroxylation is 2. The number of alkyl halides is 3. The molecule has 114 valence electrons. The highest BCUT2D eigenvalue weighted by molar-refractivity contribution is 9.10. The second-order valence-corrected chi connectivity index (χ2v) is 5.27. The van der Waals surface area contributed by atoms with Gasteiger partial charge in [0.25, 0.3) is 0 Å². The Morgan fingerprint density at radius 3 is 2.38 bits per heavy atom. The van der Waals surface area contributed by atoms with Gasteiger partial charge in [-0.25, -0.2) is 0 Å². The van der Waals surface area contributed by atoms with Crippen LogP contribution >= 0.6 is 15.9 Å². The zero-order valence-electron chi connectivity index (χ0n) is 11.5. The molecule has 0 atom stereocenters. The highest BCUT2D eigenvalue weighted by Gasteiger charge is 2.30. The van der Waals surface area contributed by atoms with Crippen LogP contribution in [0.25, 0.3) is 0 Å². The Morgan fingerprint density at radius 1 is 1.24 bits per heavy atom. The van der Waals surface area contributed by atoms with Crippen LogP contribution in [0.1, 0.15) is 23.9 Å². The van der Waals surface area contributed by atoms with Gasteiger partial charge < -0.3 is 4.74 Å². The third-order valence-corrected chi connectivity index (χ3v) is 4.04. The maximum absolute atomic E-state index is 12.5. The van der Waals surface area contributed by atoms with Gasteiger partial charge in [-0.1, -0.05) is 0 Å². The number of aromatic nitrogens is 2. The van der Waals surface area contributed by atoms with Gasteiger partial charge in [0, 0.05) is 6.54 Å². The Morgan fingerprint density at radius 2 is 1.86 bits per heavy atom. The minimum atomic E-state index is -4.33. The summed E-state index contributed by atoms with van der Waals surface area (Å²) in [5, 5.41) is 4.33. The molecule has 0 amide bonds. The molecular formula is C14H14BrF3N2O. The molecule has 0 fully saturated rings. The summed E-state index contributed by atoms with van der Waals surface area (Å²) in [5.41, 5.74) is 1.02. The number of hydrogen-bond acceptors (Lipinski definition) is 2. The zero-order chi connectivity index (χ0) is 15.6. The summed E-state index contributed by atoms with van der Waals surface area (Å²) in [6, 6.07) is 4.64. The molecule has 21 heavy (non-hydrogen) atoms. The van der Waals surface area contributed by atoms with Crippen molar-refractivity contribution in [3.8, 4) is 5.75 Å². The van der Waals surface area contributed by atoms with Crippen LogP contribution in [0.2, 0.25) is 0 Å². The molecule has 0 aliphatic rings. The van der Waals surface area contributed by atoms with Crippen LogP contribution in [0.15, 0.2) is 28.7 Å². The maximum Gasteiger partial charge on any atom is 0.416 e. The lowest BCUT2D eigenvalue weighted by molar-refractivity contribution is -0.137. The smallest absolute Gasteiger partial charge is 0.416 e. The molecule has 2 aromatic rings. The minimum Gasteiger partial charge on any atom is -0.487 e. The predicted molar refractivity (Wildman–Crippen MR) is 76.1 cm³/mol. The topological polar surface area (TPSA) is 27.1 Å². The third kappa shape index (κ3) is 3.58. The minimum absolute atomic E-state index is 0.237. The van der Waals surface area contributed by atoms with E-state index in [4.69, 9.17) is 4.74 Å². The van der Waals surface area contributed by atoms with E-state index in [1.165, 1.54) is 12.1 Å². The number of nitrogens with zero attached hydrogens (tertiary/aromatic N) is 2. The molecule has 1 aromatic heterocycles. The van der Waals surface area contributed by atoms with Crippen molar-refractivity contribution >= 4 is 15.9 Å². The van der Waals surface area contributed by atoms with Crippen LogP contribution in [0, 0.1) is 6.92 Å². The first-order valence-electron chi connectivity index (χ1n) is 6.34. The van der Waals surface area contributed by atoms with E-state index in [9.17, 15) is 13.2 Å². The van der Waals surface area contributed by atoms with E-state index in [1.807, 2.05) is 13.8 Å². The average Bonchev–Trinajstić information content (AvgIpc) is 2.71. The molecule has 0 unspecified atom stereocenters. The molecule has 0 radical (unpaired) electrons. The average molecular weight is 363 g/mol. The fourth-order valence-electron chi connectivity index (χ4n) is 1.90. The van der Waals surface area contributed by atoms with Gasteiger partial charge in [0.2, 0.25) is 0 Å². The molecule has 3 nitrogen and oxygen atoms in total. The van der Waals surface area contributed by atoms with E-state index in [1.54, 1.807) is 4.68 Å². The Labute approximate surface area is 128 Å². The predicted octanol–water partition coefficient (Wildman–Crippen LogP) is 4.57. The van der Waals surface area contributed by atoms with E-state index in [2.05, 4.69) is 21.0 Å².